The number of hydrogen-bond donors (Lipinski definition) is 0. The summed E-state index contributed by atoms with van der Waals surface area (Å²) in [6.45, 7) is 2.99. The zero-order chi connectivity index (χ0) is 28.6. The van der Waals surface area contributed by atoms with Crippen LogP contribution in [0.5, 0.6) is 11.5 Å². The molecule has 0 aliphatic heterocycles. The van der Waals surface area contributed by atoms with Crippen LogP contribution >= 0.6 is 0 Å². The largest absolute Gasteiger partial charge is 1.00 e. The van der Waals surface area contributed by atoms with Gasteiger partial charge in [0.2, 0.25) is 5.69 Å². The number of pyridine rings is 1. The maximum Gasteiger partial charge on any atom is 0.261 e. The average Bonchev–Trinajstić information content (AvgIpc) is 2.99. The predicted octanol–water partition coefficient (Wildman–Crippen LogP) is 4.31. The number of rotatable bonds is 17. The Morgan fingerprint density at radius 1 is 0.732 bits per heavy atom. The van der Waals surface area contributed by atoms with Crippen LogP contribution in [0.1, 0.15) is 97.5 Å². The molecule has 2 aromatic carbocycles. The Kier molecular flexibility index (Phi) is 16.1. The summed E-state index contributed by atoms with van der Waals surface area (Å²) in [5.41, 5.74) is 1.66. The molecule has 1 heterocycles. The lowest BCUT2D eigenvalue weighted by Crippen LogP contribution is -3.00. The zero-order valence-electron chi connectivity index (χ0n) is 24.8. The molecule has 0 saturated carbocycles. The van der Waals surface area contributed by atoms with Crippen LogP contribution in [0.25, 0.3) is 0 Å². The molecular formula is C34H45IN2O4. The molecule has 0 unspecified atom stereocenters. The number of aryl methyl sites for hydroxylation is 1. The number of unbranched alkanes of at least 4 members (excludes halogenated alkanes) is 9. The second kappa shape index (κ2) is 19.2. The minimum Gasteiger partial charge on any atom is -1.00 e. The summed E-state index contributed by atoms with van der Waals surface area (Å²) in [5.74, 6) is 0.340. The van der Waals surface area contributed by atoms with Gasteiger partial charge in [-0.3, -0.25) is 14.5 Å². The Bertz CT molecular complexity index is 1200. The Morgan fingerprint density at radius 2 is 1.34 bits per heavy atom. The van der Waals surface area contributed by atoms with E-state index in [9.17, 15) is 9.59 Å². The van der Waals surface area contributed by atoms with Gasteiger partial charge in [0.15, 0.2) is 17.7 Å². The van der Waals surface area contributed by atoms with Gasteiger partial charge in [-0.05, 0) is 36.8 Å². The number of aromatic nitrogens is 1. The number of hydrogen-bond acceptors (Lipinski definition) is 4. The van der Waals surface area contributed by atoms with E-state index in [1.54, 1.807) is 49.6 Å². The summed E-state index contributed by atoms with van der Waals surface area (Å²) >= 11 is 0. The van der Waals surface area contributed by atoms with Gasteiger partial charge in [-0.15, -0.1) is 0 Å². The quantitative estimate of drug-likeness (QED) is 0.0930. The van der Waals surface area contributed by atoms with Gasteiger partial charge in [0.25, 0.3) is 11.8 Å². The Hall–Kier alpha value is -2.94. The molecule has 0 bridgehead atoms. The van der Waals surface area contributed by atoms with Crippen LogP contribution in [0.3, 0.4) is 0 Å². The third kappa shape index (κ3) is 11.1. The highest BCUT2D eigenvalue weighted by Crippen LogP contribution is 2.29. The average molecular weight is 673 g/mol. The molecule has 41 heavy (non-hydrogen) atoms. The van der Waals surface area contributed by atoms with Gasteiger partial charge in [-0.1, -0.05) is 89.0 Å². The van der Waals surface area contributed by atoms with E-state index < -0.39 is 5.91 Å². The molecule has 6 nitrogen and oxygen atoms in total. The predicted molar refractivity (Wildman–Crippen MR) is 159 cm³/mol. The van der Waals surface area contributed by atoms with Crippen LogP contribution in [-0.4, -0.2) is 30.4 Å². The molecule has 0 spiro atoms. The van der Waals surface area contributed by atoms with E-state index in [4.69, 9.17) is 9.47 Å². The first-order valence-electron chi connectivity index (χ1n) is 14.7. The van der Waals surface area contributed by atoms with Crippen LogP contribution in [0.2, 0.25) is 0 Å². The van der Waals surface area contributed by atoms with E-state index in [0.29, 0.717) is 29.2 Å². The number of carbonyl (C=O) groups is 2. The first-order valence-corrected chi connectivity index (χ1v) is 14.7. The molecule has 1 aromatic heterocycles. The summed E-state index contributed by atoms with van der Waals surface area (Å²) in [5, 5.41) is 0. The van der Waals surface area contributed by atoms with E-state index in [1.807, 2.05) is 42.1 Å². The van der Waals surface area contributed by atoms with Crippen molar-refractivity contribution >= 4 is 11.8 Å². The van der Waals surface area contributed by atoms with Crippen molar-refractivity contribution in [2.45, 2.75) is 77.7 Å². The van der Waals surface area contributed by atoms with Crippen molar-refractivity contribution < 1.29 is 47.6 Å². The monoisotopic (exact) mass is 672 g/mol. The fourth-order valence-electron chi connectivity index (χ4n) is 4.70. The fourth-order valence-corrected chi connectivity index (χ4v) is 4.70. The van der Waals surface area contributed by atoms with E-state index in [2.05, 4.69) is 6.92 Å². The molecular weight excluding hydrogens is 627 g/mol. The zero-order valence-corrected chi connectivity index (χ0v) is 27.0. The van der Waals surface area contributed by atoms with Gasteiger partial charge in [0.1, 0.15) is 13.6 Å². The molecule has 0 radical (unpaired) electrons. The van der Waals surface area contributed by atoms with Crippen LogP contribution < -0.4 is 38.0 Å². The van der Waals surface area contributed by atoms with Crippen molar-refractivity contribution in [2.75, 3.05) is 13.7 Å². The van der Waals surface area contributed by atoms with Gasteiger partial charge in [0.05, 0.1) is 13.7 Å². The second-order valence-corrected chi connectivity index (χ2v) is 10.3. The minimum absolute atomic E-state index is 0. The second-order valence-electron chi connectivity index (χ2n) is 10.3. The van der Waals surface area contributed by atoms with Crippen molar-refractivity contribution in [2.24, 2.45) is 7.05 Å². The summed E-state index contributed by atoms with van der Waals surface area (Å²) in [4.78, 5) is 28.5. The van der Waals surface area contributed by atoms with Gasteiger partial charge in [-0.25, -0.2) is 4.57 Å². The fraction of sp³-hybridized carbons (Fsp3) is 0.441. The summed E-state index contributed by atoms with van der Waals surface area (Å²) < 4.78 is 13.5. The van der Waals surface area contributed by atoms with Crippen molar-refractivity contribution in [3.63, 3.8) is 0 Å². The van der Waals surface area contributed by atoms with Gasteiger partial charge < -0.3 is 33.5 Å². The molecule has 0 aliphatic carbocycles. The number of ether oxygens (including phenoxy) is 2. The molecule has 222 valence electrons. The topological polar surface area (TPSA) is 59.7 Å². The molecule has 0 aliphatic rings. The number of imide groups is 1. The molecule has 0 N–H and O–H groups in total. The van der Waals surface area contributed by atoms with Gasteiger partial charge >= 0.3 is 0 Å². The Balaban J connectivity index is 0.00000588. The molecule has 3 rings (SSSR count). The lowest BCUT2D eigenvalue weighted by atomic mass is 10.1. The van der Waals surface area contributed by atoms with E-state index in [0.717, 1.165) is 18.5 Å². The summed E-state index contributed by atoms with van der Waals surface area (Å²) in [6, 6.07) is 19.7. The molecule has 3 aromatic rings. The van der Waals surface area contributed by atoms with E-state index >= 15 is 0 Å². The smallest absolute Gasteiger partial charge is 0.261 e. The van der Waals surface area contributed by atoms with Crippen LogP contribution in [0.4, 0.5) is 0 Å². The number of methoxy groups -OCH3 is 1. The van der Waals surface area contributed by atoms with Gasteiger partial charge in [-0.2, -0.15) is 0 Å². The highest BCUT2D eigenvalue weighted by atomic mass is 127. The normalized spacial score (nSPS) is 10.5. The Labute approximate surface area is 263 Å². The van der Waals surface area contributed by atoms with Crippen LogP contribution in [0, 0.1) is 0 Å². The standard InChI is InChI=1S/C34H45N2O4.HI/c1-4-5-6-7-8-9-10-11-12-18-25-40-31-23-22-29(26-32(31)39-3)34(38)36(27-30-21-16-17-24-35(30)2)33(37)28-19-14-13-15-20-28;/h13-17,19-24,26H,4-12,18,25,27H2,1-3H3;1H/q+1;/p-1. The minimum atomic E-state index is -0.391. The van der Waals surface area contributed by atoms with Crippen molar-refractivity contribution in [1.29, 1.82) is 0 Å². The molecule has 7 heteroatoms. The van der Waals surface area contributed by atoms with Crippen molar-refractivity contribution in [1.82, 2.24) is 4.90 Å². The highest BCUT2D eigenvalue weighted by molar-refractivity contribution is 6.10. The molecule has 2 amide bonds. The van der Waals surface area contributed by atoms with Crippen molar-refractivity contribution in [3.05, 3.63) is 89.7 Å². The summed E-state index contributed by atoms with van der Waals surface area (Å²) in [7, 11) is 3.46. The number of nitrogens with zero attached hydrogens (tertiary/aromatic N) is 2. The first kappa shape index (κ1) is 34.3. The lowest BCUT2D eigenvalue weighted by Gasteiger charge is -2.21. The van der Waals surface area contributed by atoms with Gasteiger partial charge in [0, 0.05) is 23.3 Å². The lowest BCUT2D eigenvalue weighted by molar-refractivity contribution is -0.679. The molecule has 0 saturated heterocycles. The third-order valence-corrected chi connectivity index (χ3v) is 7.16. The highest BCUT2D eigenvalue weighted by Gasteiger charge is 2.27. The van der Waals surface area contributed by atoms with Crippen molar-refractivity contribution in [3.8, 4) is 11.5 Å². The number of carbonyl (C=O) groups excluding carboxylic acids is 2. The number of halogens is 1. The van der Waals surface area contributed by atoms with Crippen LogP contribution in [0.15, 0.2) is 72.9 Å². The number of amides is 2. The molecule has 0 atom stereocenters. The first-order chi connectivity index (χ1) is 19.5. The third-order valence-electron chi connectivity index (χ3n) is 7.16. The number of benzene rings is 2. The van der Waals surface area contributed by atoms with Crippen LogP contribution in [-0.2, 0) is 13.6 Å². The van der Waals surface area contributed by atoms with E-state index in [-0.39, 0.29) is 36.4 Å². The molecule has 0 fully saturated rings. The SMILES string of the molecule is CCCCCCCCCCCCOc1ccc(C(=O)N(Cc2cccc[n+]2C)C(=O)c2ccccc2)cc1OC.[I-]. The Morgan fingerprint density at radius 3 is 1.98 bits per heavy atom. The maximum atomic E-state index is 13.7. The maximum absolute atomic E-state index is 13.7. The summed E-state index contributed by atoms with van der Waals surface area (Å²) in [6.07, 6.45) is 14.6. The van der Waals surface area contributed by atoms with E-state index in [1.165, 1.54) is 56.3 Å².